The lowest BCUT2D eigenvalue weighted by Crippen LogP contribution is -2.53. The van der Waals surface area contributed by atoms with E-state index in [1.807, 2.05) is 4.90 Å². The maximum Gasteiger partial charge on any atom is 0.409 e. The molecule has 1 aromatic rings. The number of hydrogen-bond acceptors (Lipinski definition) is 3. The molecule has 4 heteroatoms. The van der Waals surface area contributed by atoms with Gasteiger partial charge in [0.25, 0.3) is 0 Å². The van der Waals surface area contributed by atoms with Crippen molar-refractivity contribution >= 4 is 6.09 Å². The molecule has 3 rings (SSSR count). The highest BCUT2D eigenvalue weighted by molar-refractivity contribution is 5.67. The molecular weight excluding hydrogens is 264 g/mol. The highest BCUT2D eigenvalue weighted by Crippen LogP contribution is 2.40. The minimum Gasteiger partial charge on any atom is -0.453 e. The lowest BCUT2D eigenvalue weighted by Gasteiger charge is -2.47. The minimum absolute atomic E-state index is 0.0995. The Kier molecular flexibility index (Phi) is 4.15. The lowest BCUT2D eigenvalue weighted by atomic mass is 9.79. The second-order valence-electron chi connectivity index (χ2n) is 6.05. The molecule has 0 unspecified atom stereocenters. The summed E-state index contributed by atoms with van der Waals surface area (Å²) in [5.74, 6) is 0. The molecule has 114 valence electrons. The van der Waals surface area contributed by atoms with E-state index >= 15 is 0 Å². The summed E-state index contributed by atoms with van der Waals surface area (Å²) < 4.78 is 4.86. The Bertz CT molecular complexity index is 475. The van der Waals surface area contributed by atoms with Crippen LogP contribution >= 0.6 is 0 Å². The van der Waals surface area contributed by atoms with Gasteiger partial charge in [0.05, 0.1) is 7.11 Å². The molecule has 0 bridgehead atoms. The zero-order chi connectivity index (χ0) is 14.7. The van der Waals surface area contributed by atoms with Gasteiger partial charge in [0.15, 0.2) is 0 Å². The molecule has 2 fully saturated rings. The van der Waals surface area contributed by atoms with Crippen molar-refractivity contribution in [3.63, 3.8) is 0 Å². The highest BCUT2D eigenvalue weighted by Gasteiger charge is 2.43. The fraction of sp³-hybridized carbons (Fsp3) is 0.588. The summed E-state index contributed by atoms with van der Waals surface area (Å²) in [7, 11) is 1.46. The first-order valence-electron chi connectivity index (χ1n) is 7.90. The second kappa shape index (κ2) is 6.06. The van der Waals surface area contributed by atoms with E-state index in [1.165, 1.54) is 38.6 Å². The molecule has 2 saturated heterocycles. The molecule has 2 aliphatic heterocycles. The first kappa shape index (κ1) is 14.4. The van der Waals surface area contributed by atoms with Crippen LogP contribution in [-0.4, -0.2) is 49.2 Å². The third-order valence-corrected chi connectivity index (χ3v) is 5.05. The van der Waals surface area contributed by atoms with Crippen molar-refractivity contribution in [2.75, 3.05) is 33.3 Å². The zero-order valence-corrected chi connectivity index (χ0v) is 12.8. The Labute approximate surface area is 126 Å². The van der Waals surface area contributed by atoms with Crippen molar-refractivity contribution in [1.82, 2.24) is 9.80 Å². The van der Waals surface area contributed by atoms with Gasteiger partial charge in [-0.3, -0.25) is 4.90 Å². The Balaban J connectivity index is 1.84. The molecule has 0 N–H and O–H groups in total. The molecule has 0 spiro atoms. The van der Waals surface area contributed by atoms with Gasteiger partial charge in [-0.15, -0.1) is 0 Å². The lowest BCUT2D eigenvalue weighted by molar-refractivity contribution is 0.0316. The third kappa shape index (κ3) is 2.64. The molecule has 0 saturated carbocycles. The van der Waals surface area contributed by atoms with Gasteiger partial charge < -0.3 is 9.64 Å². The van der Waals surface area contributed by atoms with Crippen molar-refractivity contribution in [2.45, 2.75) is 31.2 Å². The summed E-state index contributed by atoms with van der Waals surface area (Å²) in [5.41, 5.74) is 1.50. The van der Waals surface area contributed by atoms with E-state index in [1.54, 1.807) is 0 Å². The Morgan fingerprint density at radius 3 is 2.24 bits per heavy atom. The van der Waals surface area contributed by atoms with Crippen LogP contribution in [-0.2, 0) is 10.3 Å². The summed E-state index contributed by atoms with van der Waals surface area (Å²) in [5, 5.41) is 0. The van der Waals surface area contributed by atoms with Crippen LogP contribution in [0.4, 0.5) is 4.79 Å². The number of benzene rings is 1. The number of amides is 1. The number of nitrogens with zero attached hydrogens (tertiary/aromatic N) is 2. The predicted octanol–water partition coefficient (Wildman–Crippen LogP) is 2.84. The van der Waals surface area contributed by atoms with Gasteiger partial charge in [0.1, 0.15) is 0 Å². The van der Waals surface area contributed by atoms with Crippen molar-refractivity contribution in [1.29, 1.82) is 0 Å². The van der Waals surface area contributed by atoms with Crippen LogP contribution < -0.4 is 0 Å². The SMILES string of the molecule is COC(=O)N1CCC(c2ccccc2)(N2CCCC2)CC1. The zero-order valence-electron chi connectivity index (χ0n) is 12.8. The fourth-order valence-corrected chi connectivity index (χ4v) is 3.87. The van der Waals surface area contributed by atoms with Gasteiger partial charge >= 0.3 is 6.09 Å². The molecule has 0 radical (unpaired) electrons. The van der Waals surface area contributed by atoms with Gasteiger partial charge in [-0.2, -0.15) is 0 Å². The van der Waals surface area contributed by atoms with E-state index in [2.05, 4.69) is 35.2 Å². The smallest absolute Gasteiger partial charge is 0.409 e. The molecule has 1 amide bonds. The summed E-state index contributed by atoms with van der Waals surface area (Å²) in [4.78, 5) is 16.2. The monoisotopic (exact) mass is 288 g/mol. The van der Waals surface area contributed by atoms with Crippen LogP contribution in [0.5, 0.6) is 0 Å². The van der Waals surface area contributed by atoms with Crippen LogP contribution in [0.3, 0.4) is 0 Å². The van der Waals surface area contributed by atoms with Crippen LogP contribution in [0.2, 0.25) is 0 Å². The van der Waals surface area contributed by atoms with Gasteiger partial charge in [-0.25, -0.2) is 4.79 Å². The van der Waals surface area contributed by atoms with E-state index in [-0.39, 0.29) is 11.6 Å². The van der Waals surface area contributed by atoms with Crippen LogP contribution in [0.25, 0.3) is 0 Å². The molecule has 0 aliphatic carbocycles. The number of methoxy groups -OCH3 is 1. The second-order valence-corrected chi connectivity index (χ2v) is 6.05. The van der Waals surface area contributed by atoms with Gasteiger partial charge in [-0.1, -0.05) is 30.3 Å². The molecular formula is C17H24N2O2. The standard InChI is InChI=1S/C17H24N2O2/c1-21-16(20)18-13-9-17(10-14-18,19-11-5-6-12-19)15-7-3-2-4-8-15/h2-4,7-8H,5-6,9-14H2,1H3. The predicted molar refractivity (Wildman–Crippen MR) is 82.1 cm³/mol. The third-order valence-electron chi connectivity index (χ3n) is 5.05. The fourth-order valence-electron chi connectivity index (χ4n) is 3.87. The van der Waals surface area contributed by atoms with E-state index < -0.39 is 0 Å². The number of likely N-dealkylation sites (tertiary alicyclic amines) is 2. The van der Waals surface area contributed by atoms with Crippen molar-refractivity contribution < 1.29 is 9.53 Å². The molecule has 2 aliphatic rings. The van der Waals surface area contributed by atoms with Crippen LogP contribution in [0.1, 0.15) is 31.2 Å². The van der Waals surface area contributed by atoms with Crippen LogP contribution in [0, 0.1) is 0 Å². The number of hydrogen-bond donors (Lipinski definition) is 0. The molecule has 4 nitrogen and oxygen atoms in total. The van der Waals surface area contributed by atoms with Gasteiger partial charge in [0.2, 0.25) is 0 Å². The van der Waals surface area contributed by atoms with E-state index in [0.717, 1.165) is 25.9 Å². The maximum absolute atomic E-state index is 11.7. The molecule has 0 aromatic heterocycles. The number of rotatable bonds is 2. The Hall–Kier alpha value is -1.55. The minimum atomic E-state index is -0.196. The molecule has 21 heavy (non-hydrogen) atoms. The molecule has 2 heterocycles. The molecule has 0 atom stereocenters. The summed E-state index contributed by atoms with van der Waals surface area (Å²) in [6.07, 6.45) is 4.36. The Morgan fingerprint density at radius 1 is 1.05 bits per heavy atom. The van der Waals surface area contributed by atoms with Crippen molar-refractivity contribution in [2.24, 2.45) is 0 Å². The number of carbonyl (C=O) groups excluding carboxylic acids is 1. The van der Waals surface area contributed by atoms with Crippen molar-refractivity contribution in [3.8, 4) is 0 Å². The maximum atomic E-state index is 11.7. The average Bonchev–Trinajstić information content (AvgIpc) is 3.10. The highest BCUT2D eigenvalue weighted by atomic mass is 16.5. The van der Waals surface area contributed by atoms with Crippen molar-refractivity contribution in [3.05, 3.63) is 35.9 Å². The largest absolute Gasteiger partial charge is 0.453 e. The number of ether oxygens (including phenoxy) is 1. The summed E-state index contributed by atoms with van der Waals surface area (Å²) in [6.45, 7) is 3.90. The topological polar surface area (TPSA) is 32.8 Å². The quantitative estimate of drug-likeness (QED) is 0.839. The molecule has 1 aromatic carbocycles. The Morgan fingerprint density at radius 2 is 1.67 bits per heavy atom. The van der Waals surface area contributed by atoms with Gasteiger partial charge in [-0.05, 0) is 44.3 Å². The van der Waals surface area contributed by atoms with E-state index in [9.17, 15) is 4.79 Å². The van der Waals surface area contributed by atoms with Gasteiger partial charge in [0, 0.05) is 18.6 Å². The average molecular weight is 288 g/mol. The summed E-state index contributed by atoms with van der Waals surface area (Å²) >= 11 is 0. The van der Waals surface area contributed by atoms with Crippen LogP contribution in [0.15, 0.2) is 30.3 Å². The van der Waals surface area contributed by atoms with E-state index in [0.29, 0.717) is 0 Å². The first-order valence-corrected chi connectivity index (χ1v) is 7.90. The first-order chi connectivity index (χ1) is 10.3. The number of carbonyl (C=O) groups is 1. The number of piperidine rings is 1. The summed E-state index contributed by atoms with van der Waals surface area (Å²) in [6, 6.07) is 10.8. The van der Waals surface area contributed by atoms with E-state index in [4.69, 9.17) is 4.74 Å². The normalized spacial score (nSPS) is 22.2.